The Balaban J connectivity index is 0.000000246. The predicted molar refractivity (Wildman–Crippen MR) is 49.7 cm³/mol. The SMILES string of the molecule is O=C(O)C1=[C-]CC=C1.[C-]1=CC=CC1.[Ni+2]. The second-order valence-electron chi connectivity index (χ2n) is 2.51. The minimum atomic E-state index is -0.890. The van der Waals surface area contributed by atoms with E-state index in [0.717, 1.165) is 6.42 Å². The summed E-state index contributed by atoms with van der Waals surface area (Å²) in [4.78, 5) is 10.1. The van der Waals surface area contributed by atoms with Crippen molar-refractivity contribution in [1.29, 1.82) is 0 Å². The number of hydrogen-bond acceptors (Lipinski definition) is 1. The molecule has 0 bridgehead atoms. The molecule has 2 aliphatic carbocycles. The van der Waals surface area contributed by atoms with E-state index in [1.807, 2.05) is 12.2 Å². The molecule has 0 saturated heterocycles. The van der Waals surface area contributed by atoms with E-state index in [1.165, 1.54) is 0 Å². The third-order valence-corrected chi connectivity index (χ3v) is 1.51. The number of hydrogen-bond donors (Lipinski definition) is 1. The van der Waals surface area contributed by atoms with Crippen molar-refractivity contribution < 1.29 is 26.4 Å². The molecule has 0 aliphatic heterocycles. The van der Waals surface area contributed by atoms with Crippen LogP contribution in [0.25, 0.3) is 0 Å². The van der Waals surface area contributed by atoms with Crippen molar-refractivity contribution in [3.8, 4) is 0 Å². The van der Waals surface area contributed by atoms with E-state index in [0.29, 0.717) is 6.42 Å². The van der Waals surface area contributed by atoms with Crippen LogP contribution in [0, 0.1) is 12.2 Å². The van der Waals surface area contributed by atoms with Gasteiger partial charge in [0, 0.05) is 0 Å². The fourth-order valence-corrected chi connectivity index (χ4v) is 0.892. The van der Waals surface area contributed by atoms with Crippen molar-refractivity contribution in [1.82, 2.24) is 0 Å². The standard InChI is InChI=1S/C6H5O2.C5H5.Ni/c7-6(8)5-3-1-2-4-5;1-2-4-5-3-1;/h1,3H,2H2,(H,7,8);1-3H,4H2;/q2*-1;+2. The molecule has 2 aliphatic rings. The molecule has 0 fully saturated rings. The van der Waals surface area contributed by atoms with Gasteiger partial charge in [0.1, 0.15) is 0 Å². The third kappa shape index (κ3) is 4.83. The Morgan fingerprint density at radius 1 is 1.36 bits per heavy atom. The molecule has 0 aromatic rings. The second kappa shape index (κ2) is 7.34. The van der Waals surface area contributed by atoms with Gasteiger partial charge in [-0.15, -0.1) is 18.1 Å². The van der Waals surface area contributed by atoms with E-state index in [2.05, 4.69) is 18.2 Å². The van der Waals surface area contributed by atoms with Gasteiger partial charge in [-0.2, -0.15) is 18.2 Å². The Kier molecular flexibility index (Phi) is 6.77. The molecule has 0 aromatic carbocycles. The monoisotopic (exact) mass is 232 g/mol. The number of allylic oxidation sites excluding steroid dienone is 6. The van der Waals surface area contributed by atoms with Gasteiger partial charge in [-0.25, -0.2) is 12.2 Å². The van der Waals surface area contributed by atoms with Crippen LogP contribution >= 0.6 is 0 Å². The topological polar surface area (TPSA) is 37.3 Å². The van der Waals surface area contributed by atoms with Crippen molar-refractivity contribution in [2.45, 2.75) is 12.8 Å². The average Bonchev–Trinajstić information content (AvgIpc) is 2.82. The van der Waals surface area contributed by atoms with Gasteiger partial charge in [0.05, 0.1) is 0 Å². The molecule has 0 saturated carbocycles. The molecule has 2 nitrogen and oxygen atoms in total. The molecule has 0 radical (unpaired) electrons. The average molecular weight is 233 g/mol. The van der Waals surface area contributed by atoms with Gasteiger partial charge in [0.25, 0.3) is 0 Å². The van der Waals surface area contributed by atoms with Crippen LogP contribution in [0.3, 0.4) is 0 Å². The first kappa shape index (κ1) is 12.9. The first-order valence-corrected chi connectivity index (χ1v) is 4.03. The summed E-state index contributed by atoms with van der Waals surface area (Å²) in [6, 6.07) is 0. The summed E-state index contributed by atoms with van der Waals surface area (Å²) in [6.45, 7) is 0. The fourth-order valence-electron chi connectivity index (χ4n) is 0.892. The van der Waals surface area contributed by atoms with Crippen molar-refractivity contribution in [3.05, 3.63) is 48.1 Å². The van der Waals surface area contributed by atoms with Gasteiger partial charge in [-0.3, -0.25) is 6.08 Å². The maximum absolute atomic E-state index is 10.1. The van der Waals surface area contributed by atoms with Crippen LogP contribution in [-0.4, -0.2) is 11.1 Å². The van der Waals surface area contributed by atoms with Crippen LogP contribution in [0.15, 0.2) is 36.0 Å². The number of carboxylic acids is 1. The summed E-state index contributed by atoms with van der Waals surface area (Å²) in [6.07, 6.45) is 16.6. The third-order valence-electron chi connectivity index (χ3n) is 1.51. The maximum Gasteiger partial charge on any atom is 2.00 e. The van der Waals surface area contributed by atoms with E-state index < -0.39 is 5.97 Å². The van der Waals surface area contributed by atoms with E-state index in [1.54, 1.807) is 12.2 Å². The summed E-state index contributed by atoms with van der Waals surface area (Å²) >= 11 is 0. The molecule has 0 unspecified atom stereocenters. The van der Waals surface area contributed by atoms with Crippen LogP contribution < -0.4 is 0 Å². The quantitative estimate of drug-likeness (QED) is 0.555. The zero-order valence-electron chi connectivity index (χ0n) is 7.47. The summed E-state index contributed by atoms with van der Waals surface area (Å²) in [5.74, 6) is -0.890. The molecule has 0 amide bonds. The van der Waals surface area contributed by atoms with Crippen LogP contribution in [0.2, 0.25) is 0 Å². The largest absolute Gasteiger partial charge is 2.00 e. The van der Waals surface area contributed by atoms with Crippen LogP contribution in [0.4, 0.5) is 0 Å². The predicted octanol–water partition coefficient (Wildman–Crippen LogP) is 2.06. The number of carboxylic acid groups (broad SMARTS) is 1. The molecular weight excluding hydrogens is 223 g/mol. The van der Waals surface area contributed by atoms with Gasteiger partial charge >= 0.3 is 16.5 Å². The van der Waals surface area contributed by atoms with E-state index in [4.69, 9.17) is 5.11 Å². The summed E-state index contributed by atoms with van der Waals surface area (Å²) < 4.78 is 0. The first-order valence-electron chi connectivity index (χ1n) is 4.03. The van der Waals surface area contributed by atoms with E-state index in [-0.39, 0.29) is 22.1 Å². The van der Waals surface area contributed by atoms with Crippen molar-refractivity contribution >= 4 is 5.97 Å². The minimum Gasteiger partial charge on any atom is -0.535 e. The van der Waals surface area contributed by atoms with Gasteiger partial charge in [0.2, 0.25) is 5.97 Å². The Bertz CT molecular complexity index is 288. The van der Waals surface area contributed by atoms with E-state index in [9.17, 15) is 4.79 Å². The second-order valence-corrected chi connectivity index (χ2v) is 2.51. The van der Waals surface area contributed by atoms with Crippen LogP contribution in [0.1, 0.15) is 12.8 Å². The first-order chi connectivity index (χ1) is 6.30. The molecule has 0 heterocycles. The molecule has 0 aromatic heterocycles. The molecule has 2 rings (SSSR count). The van der Waals surface area contributed by atoms with Gasteiger partial charge < -0.3 is 9.90 Å². The normalized spacial score (nSPS) is 15.6. The van der Waals surface area contributed by atoms with Crippen molar-refractivity contribution in [2.75, 3.05) is 0 Å². The summed E-state index contributed by atoms with van der Waals surface area (Å²) in [7, 11) is 0. The molecular formula is C11H10NiO2. The molecule has 76 valence electrons. The Hall–Kier alpha value is -1.08. The van der Waals surface area contributed by atoms with Gasteiger partial charge in [0.15, 0.2) is 0 Å². The molecule has 0 spiro atoms. The van der Waals surface area contributed by atoms with Crippen LogP contribution in [-0.2, 0) is 21.3 Å². The molecule has 3 heteroatoms. The summed E-state index contributed by atoms with van der Waals surface area (Å²) in [5, 5.41) is 8.26. The molecule has 14 heavy (non-hydrogen) atoms. The Labute approximate surface area is 93.6 Å². The van der Waals surface area contributed by atoms with Crippen LogP contribution in [0.5, 0.6) is 0 Å². The molecule has 1 N–H and O–H groups in total. The number of carbonyl (C=O) groups is 1. The van der Waals surface area contributed by atoms with Crippen molar-refractivity contribution in [2.24, 2.45) is 0 Å². The Morgan fingerprint density at radius 3 is 2.36 bits per heavy atom. The number of rotatable bonds is 1. The number of aliphatic carboxylic acids is 1. The summed E-state index contributed by atoms with van der Waals surface area (Å²) in [5.41, 5.74) is 0.282. The maximum atomic E-state index is 10.1. The fraction of sp³-hybridized carbons (Fsp3) is 0.182. The Morgan fingerprint density at radius 2 is 2.14 bits per heavy atom. The van der Waals surface area contributed by atoms with Crippen molar-refractivity contribution in [3.63, 3.8) is 0 Å². The smallest absolute Gasteiger partial charge is 0.535 e. The van der Waals surface area contributed by atoms with Gasteiger partial charge in [-0.1, -0.05) is 6.42 Å². The zero-order chi connectivity index (χ0) is 9.52. The zero-order valence-corrected chi connectivity index (χ0v) is 8.46. The van der Waals surface area contributed by atoms with Gasteiger partial charge in [-0.05, 0) is 0 Å². The van der Waals surface area contributed by atoms with E-state index >= 15 is 0 Å². The minimum absolute atomic E-state index is 0. The molecule has 0 atom stereocenters.